The maximum atomic E-state index is 11.0. The van der Waals surface area contributed by atoms with E-state index >= 15 is 0 Å². The van der Waals surface area contributed by atoms with Gasteiger partial charge in [0.15, 0.2) is 0 Å². The Morgan fingerprint density at radius 2 is 0.922 bits per heavy atom. The lowest BCUT2D eigenvalue weighted by Crippen LogP contribution is -2.33. The molecule has 51 heavy (non-hydrogen) atoms. The first-order chi connectivity index (χ1) is 23.7. The number of alkyl halides is 6. The Morgan fingerprint density at radius 1 is 0.647 bits per heavy atom. The van der Waals surface area contributed by atoms with Gasteiger partial charge in [0.2, 0.25) is 0 Å². The van der Waals surface area contributed by atoms with Crippen LogP contribution < -0.4 is 0 Å². The average molecular weight is 785 g/mol. The molecule has 0 atom stereocenters. The van der Waals surface area contributed by atoms with Gasteiger partial charge in [0.05, 0.1) is 59.5 Å². The molecule has 1 aliphatic rings. The van der Waals surface area contributed by atoms with Gasteiger partial charge in [0, 0.05) is 63.5 Å². The highest BCUT2D eigenvalue weighted by Crippen LogP contribution is 2.25. The second kappa shape index (κ2) is 22.2. The molecular weight excluding hydrogens is 753 g/mol. The summed E-state index contributed by atoms with van der Waals surface area (Å²) in [4.78, 5) is 43.1. The van der Waals surface area contributed by atoms with Crippen molar-refractivity contribution in [3.8, 4) is 0 Å². The smallest absolute Gasteiger partial charge is 0.475 e. The number of hydrogen-bond donors (Lipinski definition) is 2. The van der Waals surface area contributed by atoms with Crippen LogP contribution in [0.25, 0.3) is 0 Å². The fourth-order valence-electron chi connectivity index (χ4n) is 3.78. The number of ether oxygens (including phenoxy) is 3. The summed E-state index contributed by atoms with van der Waals surface area (Å²) in [6, 6.07) is 8.97. The van der Waals surface area contributed by atoms with E-state index in [0.717, 1.165) is 11.1 Å². The molecule has 0 amide bonds. The Bertz CT molecular complexity index is 1350. The molecule has 3 rings (SSSR count). The van der Waals surface area contributed by atoms with Crippen molar-refractivity contribution in [1.29, 1.82) is 0 Å². The van der Waals surface area contributed by atoms with Crippen LogP contribution >= 0.6 is 23.2 Å². The first-order valence-corrected chi connectivity index (χ1v) is 15.1. The van der Waals surface area contributed by atoms with Crippen LogP contribution in [-0.2, 0) is 36.9 Å². The molecule has 0 aliphatic carbocycles. The number of rotatable bonds is 6. The van der Waals surface area contributed by atoms with Crippen LogP contribution in [0, 0.1) is 20.2 Å². The third-order valence-electron chi connectivity index (χ3n) is 6.35. The Kier molecular flexibility index (Phi) is 19.6. The molecule has 1 heterocycles. The molecule has 23 heteroatoms. The first-order valence-electron chi connectivity index (χ1n) is 14.4. The predicted molar refractivity (Wildman–Crippen MR) is 167 cm³/mol. The van der Waals surface area contributed by atoms with Gasteiger partial charge in [-0.25, -0.2) is 9.59 Å². The molecule has 1 fully saturated rings. The zero-order valence-corrected chi connectivity index (χ0v) is 27.8. The van der Waals surface area contributed by atoms with Crippen molar-refractivity contribution in [3.63, 3.8) is 0 Å². The summed E-state index contributed by atoms with van der Waals surface area (Å²) in [7, 11) is 0. The standard InChI is InChI=1S/C24H30Cl2N4O7.2C2HF3O2/c25-23-15-21(29(31)32)3-1-19(23)17-27-5-9-35-10-6-28(8-12-37-14-13-36-11-7-27)18-20-2-4-22(30(33)34)16-24(20)26;2*3-2(4,5)1(6)7/h1-4,15-16H,5-14,17-18H2;2*(H,6,7). The number of aliphatic carboxylic acids is 2. The van der Waals surface area contributed by atoms with E-state index in [1.165, 1.54) is 24.3 Å². The number of carbonyl (C=O) groups is 2. The first kappa shape index (κ1) is 45.2. The molecule has 286 valence electrons. The molecule has 1 saturated heterocycles. The number of non-ortho nitro benzene ring substituents is 2. The van der Waals surface area contributed by atoms with Gasteiger partial charge >= 0.3 is 24.3 Å². The van der Waals surface area contributed by atoms with Gasteiger partial charge in [-0.15, -0.1) is 0 Å². The highest BCUT2D eigenvalue weighted by Gasteiger charge is 2.38. The molecule has 0 radical (unpaired) electrons. The lowest BCUT2D eigenvalue weighted by Gasteiger charge is -2.24. The molecule has 0 aromatic heterocycles. The SMILES string of the molecule is O=C(O)C(F)(F)F.O=C(O)C(F)(F)F.O=[N+]([O-])c1ccc(CN2CCOCCOCCN(Cc3ccc([N+](=O)[O-])cc3Cl)CCOCC2)c(Cl)c1. The summed E-state index contributed by atoms with van der Waals surface area (Å²) in [5, 5.41) is 36.9. The molecule has 0 spiro atoms. The third kappa shape index (κ3) is 18.8. The van der Waals surface area contributed by atoms with Crippen LogP contribution in [0.2, 0.25) is 10.0 Å². The number of nitrogens with zero attached hydrogens (tertiary/aromatic N) is 4. The minimum absolute atomic E-state index is 0.0444. The Labute approximate surface area is 295 Å². The van der Waals surface area contributed by atoms with Crippen molar-refractivity contribution in [2.75, 3.05) is 65.8 Å². The van der Waals surface area contributed by atoms with E-state index in [2.05, 4.69) is 9.80 Å². The van der Waals surface area contributed by atoms with E-state index in [1.807, 2.05) is 0 Å². The molecule has 0 bridgehead atoms. The van der Waals surface area contributed by atoms with Gasteiger partial charge < -0.3 is 24.4 Å². The number of nitro groups is 2. The number of nitro benzene ring substituents is 2. The van der Waals surface area contributed by atoms with Gasteiger partial charge in [-0.3, -0.25) is 30.0 Å². The number of carboxylic acids is 2. The van der Waals surface area contributed by atoms with Gasteiger partial charge in [-0.05, 0) is 23.3 Å². The van der Waals surface area contributed by atoms with E-state index in [0.29, 0.717) is 89.0 Å². The predicted octanol–water partition coefficient (Wildman–Crippen LogP) is 5.44. The van der Waals surface area contributed by atoms with Crippen LogP contribution in [0.3, 0.4) is 0 Å². The molecule has 0 saturated carbocycles. The van der Waals surface area contributed by atoms with E-state index in [-0.39, 0.29) is 11.4 Å². The fraction of sp³-hybridized carbons (Fsp3) is 0.500. The van der Waals surface area contributed by atoms with Crippen molar-refractivity contribution in [3.05, 3.63) is 77.8 Å². The van der Waals surface area contributed by atoms with E-state index < -0.39 is 34.1 Å². The maximum absolute atomic E-state index is 11.0. The van der Waals surface area contributed by atoms with Crippen molar-refractivity contribution in [2.24, 2.45) is 0 Å². The second-order valence-electron chi connectivity index (χ2n) is 10.1. The Morgan fingerprint density at radius 3 is 1.16 bits per heavy atom. The molecule has 2 N–H and O–H groups in total. The molecule has 2 aromatic carbocycles. The Hall–Kier alpha value is -3.86. The molecule has 15 nitrogen and oxygen atoms in total. The van der Waals surface area contributed by atoms with E-state index in [4.69, 9.17) is 57.2 Å². The van der Waals surface area contributed by atoms with E-state index in [1.54, 1.807) is 12.1 Å². The summed E-state index contributed by atoms with van der Waals surface area (Å²) in [5.74, 6) is -5.51. The van der Waals surface area contributed by atoms with Crippen LogP contribution in [0.15, 0.2) is 36.4 Å². The van der Waals surface area contributed by atoms with Crippen LogP contribution in [0.4, 0.5) is 37.7 Å². The number of benzene rings is 2. The topological polar surface area (TPSA) is 195 Å². The third-order valence-corrected chi connectivity index (χ3v) is 7.05. The van der Waals surface area contributed by atoms with Gasteiger partial charge in [0.25, 0.3) is 11.4 Å². The molecule has 1 aliphatic heterocycles. The minimum Gasteiger partial charge on any atom is -0.475 e. The lowest BCUT2D eigenvalue weighted by molar-refractivity contribution is -0.385. The minimum atomic E-state index is -5.08. The van der Waals surface area contributed by atoms with Crippen LogP contribution in [-0.4, -0.2) is 120 Å². The number of hydrogen-bond acceptors (Lipinski definition) is 11. The zero-order chi connectivity index (χ0) is 38.8. The molecular formula is C28H32Cl2F6N4O11. The zero-order valence-electron chi connectivity index (χ0n) is 26.3. The lowest BCUT2D eigenvalue weighted by atomic mass is 10.2. The average Bonchev–Trinajstić information content (AvgIpc) is 3.03. The highest BCUT2D eigenvalue weighted by atomic mass is 35.5. The van der Waals surface area contributed by atoms with Crippen molar-refractivity contribution >= 4 is 46.5 Å². The van der Waals surface area contributed by atoms with Crippen molar-refractivity contribution in [2.45, 2.75) is 25.4 Å². The summed E-state index contributed by atoms with van der Waals surface area (Å²) in [6.45, 7) is 6.41. The summed E-state index contributed by atoms with van der Waals surface area (Å²) in [5.41, 5.74) is 1.49. The number of halogens is 8. The summed E-state index contributed by atoms with van der Waals surface area (Å²) in [6.07, 6.45) is -10.2. The molecule has 2 aromatic rings. The largest absolute Gasteiger partial charge is 0.490 e. The van der Waals surface area contributed by atoms with Crippen molar-refractivity contribution in [1.82, 2.24) is 9.80 Å². The monoisotopic (exact) mass is 784 g/mol. The second-order valence-corrected chi connectivity index (χ2v) is 10.9. The van der Waals surface area contributed by atoms with E-state index in [9.17, 15) is 46.6 Å². The molecule has 0 unspecified atom stereocenters. The van der Waals surface area contributed by atoms with Gasteiger partial charge in [-0.1, -0.05) is 23.2 Å². The van der Waals surface area contributed by atoms with Crippen molar-refractivity contribution < 1.29 is 70.2 Å². The highest BCUT2D eigenvalue weighted by molar-refractivity contribution is 6.31. The fourth-order valence-corrected chi connectivity index (χ4v) is 4.25. The quantitative estimate of drug-likeness (QED) is 0.214. The van der Waals surface area contributed by atoms with Crippen LogP contribution in [0.1, 0.15) is 11.1 Å². The normalized spacial score (nSPS) is 15.8. The van der Waals surface area contributed by atoms with Gasteiger partial charge in [-0.2, -0.15) is 26.3 Å². The number of carboxylic acid groups (broad SMARTS) is 2. The Balaban J connectivity index is 0.000000780. The van der Waals surface area contributed by atoms with Crippen LogP contribution in [0.5, 0.6) is 0 Å². The summed E-state index contributed by atoms with van der Waals surface area (Å²) >= 11 is 12.6. The van der Waals surface area contributed by atoms with Gasteiger partial charge in [0.1, 0.15) is 0 Å². The maximum Gasteiger partial charge on any atom is 0.490 e. The summed E-state index contributed by atoms with van der Waals surface area (Å²) < 4.78 is 80.8.